The lowest BCUT2D eigenvalue weighted by molar-refractivity contribution is 0.171. The summed E-state index contributed by atoms with van der Waals surface area (Å²) in [6, 6.07) is 5.00. The first-order valence-corrected chi connectivity index (χ1v) is 6.10. The van der Waals surface area contributed by atoms with Gasteiger partial charge in [0.1, 0.15) is 13.2 Å². The second kappa shape index (κ2) is 3.72. The topological polar surface area (TPSA) is 33.7 Å². The number of hydrogen-bond acceptors (Lipinski definition) is 4. The minimum atomic E-state index is 0.426. The van der Waals surface area contributed by atoms with Crippen molar-refractivity contribution in [1.82, 2.24) is 0 Å². The second-order valence-electron chi connectivity index (χ2n) is 4.80. The van der Waals surface area contributed by atoms with Gasteiger partial charge in [0.05, 0.1) is 11.4 Å². The van der Waals surface area contributed by atoms with Crippen LogP contribution in [-0.2, 0) is 0 Å². The van der Waals surface area contributed by atoms with Crippen LogP contribution in [0.1, 0.15) is 13.8 Å². The van der Waals surface area contributed by atoms with Crippen molar-refractivity contribution in [2.45, 2.75) is 25.9 Å². The summed E-state index contributed by atoms with van der Waals surface area (Å²) in [5.41, 5.74) is 2.31. The van der Waals surface area contributed by atoms with Crippen molar-refractivity contribution in [3.05, 3.63) is 12.1 Å². The van der Waals surface area contributed by atoms with Crippen molar-refractivity contribution in [3.63, 3.8) is 0 Å². The van der Waals surface area contributed by atoms with Gasteiger partial charge in [0.15, 0.2) is 11.5 Å². The maximum absolute atomic E-state index is 5.62. The molecule has 2 aliphatic rings. The van der Waals surface area contributed by atoms with E-state index in [1.54, 1.807) is 0 Å². The summed E-state index contributed by atoms with van der Waals surface area (Å²) >= 11 is 0. The molecule has 2 atom stereocenters. The molecule has 0 saturated carbocycles. The average molecular weight is 234 g/mol. The molecule has 2 unspecified atom stereocenters. The number of rotatable bonds is 0. The molecule has 17 heavy (non-hydrogen) atoms. The number of hydrogen-bond donors (Lipinski definition) is 1. The Labute approximate surface area is 102 Å². The molecule has 1 aromatic rings. The number of anilines is 2. The van der Waals surface area contributed by atoms with Crippen LogP contribution in [0.5, 0.6) is 11.5 Å². The molecule has 0 aromatic heterocycles. The van der Waals surface area contributed by atoms with Gasteiger partial charge < -0.3 is 19.7 Å². The number of nitrogens with one attached hydrogen (secondary N) is 1. The van der Waals surface area contributed by atoms with Crippen molar-refractivity contribution in [2.75, 3.05) is 30.5 Å². The molecule has 0 bridgehead atoms. The van der Waals surface area contributed by atoms with Crippen LogP contribution in [0.4, 0.5) is 11.4 Å². The number of nitrogens with zero attached hydrogens (tertiary/aromatic N) is 1. The molecule has 3 rings (SSSR count). The molecule has 0 saturated heterocycles. The van der Waals surface area contributed by atoms with E-state index in [0.29, 0.717) is 25.3 Å². The SMILES string of the molecule is CC1Nc2cc3c(cc2N(C)C1C)OCCO3. The van der Waals surface area contributed by atoms with E-state index < -0.39 is 0 Å². The standard InChI is InChI=1S/C13H18N2O2/c1-8-9(2)15(3)11-7-13-12(6-10(11)14-8)16-4-5-17-13/h6-9,14H,4-5H2,1-3H3. The Kier molecular flexibility index (Phi) is 2.31. The van der Waals surface area contributed by atoms with Crippen LogP contribution in [0.25, 0.3) is 0 Å². The van der Waals surface area contributed by atoms with Crippen LogP contribution >= 0.6 is 0 Å². The zero-order valence-corrected chi connectivity index (χ0v) is 10.5. The van der Waals surface area contributed by atoms with Gasteiger partial charge in [0.25, 0.3) is 0 Å². The summed E-state index contributed by atoms with van der Waals surface area (Å²) in [5.74, 6) is 1.70. The fourth-order valence-electron chi connectivity index (χ4n) is 2.41. The molecule has 1 N–H and O–H groups in total. The third kappa shape index (κ3) is 1.59. The summed E-state index contributed by atoms with van der Waals surface area (Å²) in [4.78, 5) is 2.29. The monoisotopic (exact) mass is 234 g/mol. The lowest BCUT2D eigenvalue weighted by Gasteiger charge is -2.40. The Balaban J connectivity index is 2.07. The van der Waals surface area contributed by atoms with Gasteiger partial charge in [0, 0.05) is 31.3 Å². The van der Waals surface area contributed by atoms with E-state index in [2.05, 4.69) is 37.2 Å². The summed E-state index contributed by atoms with van der Waals surface area (Å²) in [5, 5.41) is 3.51. The predicted molar refractivity (Wildman–Crippen MR) is 68.4 cm³/mol. The summed E-state index contributed by atoms with van der Waals surface area (Å²) in [6.45, 7) is 5.68. The van der Waals surface area contributed by atoms with Gasteiger partial charge >= 0.3 is 0 Å². The van der Waals surface area contributed by atoms with Gasteiger partial charge in [-0.2, -0.15) is 0 Å². The van der Waals surface area contributed by atoms with Crippen LogP contribution in [0.15, 0.2) is 12.1 Å². The maximum atomic E-state index is 5.62. The Morgan fingerprint density at radius 2 is 1.82 bits per heavy atom. The predicted octanol–water partition coefficient (Wildman–Crippen LogP) is 2.10. The highest BCUT2D eigenvalue weighted by Gasteiger charge is 2.28. The van der Waals surface area contributed by atoms with Crippen molar-refractivity contribution in [1.29, 1.82) is 0 Å². The van der Waals surface area contributed by atoms with Crippen LogP contribution in [0.2, 0.25) is 0 Å². The third-order valence-corrected chi connectivity index (χ3v) is 3.76. The second-order valence-corrected chi connectivity index (χ2v) is 4.80. The highest BCUT2D eigenvalue weighted by atomic mass is 16.6. The van der Waals surface area contributed by atoms with Crippen LogP contribution in [0.3, 0.4) is 0 Å². The van der Waals surface area contributed by atoms with Crippen molar-refractivity contribution < 1.29 is 9.47 Å². The van der Waals surface area contributed by atoms with Crippen LogP contribution in [-0.4, -0.2) is 32.3 Å². The fourth-order valence-corrected chi connectivity index (χ4v) is 2.41. The molecular weight excluding hydrogens is 216 g/mol. The van der Waals surface area contributed by atoms with Gasteiger partial charge in [0.2, 0.25) is 0 Å². The summed E-state index contributed by atoms with van der Waals surface area (Å²) in [6.07, 6.45) is 0. The minimum absolute atomic E-state index is 0.426. The Bertz CT molecular complexity index is 447. The van der Waals surface area contributed by atoms with E-state index in [4.69, 9.17) is 9.47 Å². The quantitative estimate of drug-likeness (QED) is 0.745. The van der Waals surface area contributed by atoms with Gasteiger partial charge in [-0.15, -0.1) is 0 Å². The molecule has 92 valence electrons. The largest absolute Gasteiger partial charge is 0.486 e. The van der Waals surface area contributed by atoms with Crippen molar-refractivity contribution in [3.8, 4) is 11.5 Å². The van der Waals surface area contributed by atoms with E-state index in [-0.39, 0.29) is 0 Å². The smallest absolute Gasteiger partial charge is 0.163 e. The van der Waals surface area contributed by atoms with Gasteiger partial charge in [-0.25, -0.2) is 0 Å². The first-order valence-electron chi connectivity index (χ1n) is 6.10. The van der Waals surface area contributed by atoms with E-state index >= 15 is 0 Å². The zero-order chi connectivity index (χ0) is 12.0. The van der Waals surface area contributed by atoms with Gasteiger partial charge in [-0.3, -0.25) is 0 Å². The normalized spacial score (nSPS) is 26.2. The lowest BCUT2D eigenvalue weighted by atomic mass is 10.0. The van der Waals surface area contributed by atoms with E-state index in [1.807, 2.05) is 6.07 Å². The Morgan fingerprint density at radius 1 is 1.18 bits per heavy atom. The van der Waals surface area contributed by atoms with Crippen LogP contribution < -0.4 is 19.7 Å². The first kappa shape index (κ1) is 10.6. The molecule has 2 aliphatic heterocycles. The molecule has 0 aliphatic carbocycles. The first-order chi connectivity index (χ1) is 8.16. The summed E-state index contributed by atoms with van der Waals surface area (Å²) < 4.78 is 11.2. The molecule has 4 heteroatoms. The Hall–Kier alpha value is -1.58. The van der Waals surface area contributed by atoms with Crippen molar-refractivity contribution >= 4 is 11.4 Å². The van der Waals surface area contributed by atoms with Gasteiger partial charge in [-0.1, -0.05) is 0 Å². The minimum Gasteiger partial charge on any atom is -0.486 e. The zero-order valence-electron chi connectivity index (χ0n) is 10.5. The molecule has 0 spiro atoms. The highest BCUT2D eigenvalue weighted by Crippen LogP contribution is 2.42. The third-order valence-electron chi connectivity index (χ3n) is 3.76. The fraction of sp³-hybridized carbons (Fsp3) is 0.538. The maximum Gasteiger partial charge on any atom is 0.163 e. The van der Waals surface area contributed by atoms with Gasteiger partial charge in [-0.05, 0) is 13.8 Å². The van der Waals surface area contributed by atoms with Crippen LogP contribution in [0, 0.1) is 0 Å². The molecule has 0 amide bonds. The average Bonchev–Trinajstić information content (AvgIpc) is 2.34. The van der Waals surface area contributed by atoms with Crippen molar-refractivity contribution in [2.24, 2.45) is 0 Å². The van der Waals surface area contributed by atoms with E-state index in [0.717, 1.165) is 17.2 Å². The van der Waals surface area contributed by atoms with E-state index in [9.17, 15) is 0 Å². The molecule has 0 radical (unpaired) electrons. The molecular formula is C13H18N2O2. The Morgan fingerprint density at radius 3 is 2.53 bits per heavy atom. The number of fused-ring (bicyclic) bond motifs is 2. The number of ether oxygens (including phenoxy) is 2. The number of benzene rings is 1. The molecule has 1 aromatic carbocycles. The number of likely N-dealkylation sites (N-methyl/N-ethyl adjacent to an activating group) is 1. The summed E-state index contributed by atoms with van der Waals surface area (Å²) in [7, 11) is 2.12. The molecule has 0 fully saturated rings. The molecule has 2 heterocycles. The van der Waals surface area contributed by atoms with E-state index in [1.165, 1.54) is 5.69 Å². The molecule has 4 nitrogen and oxygen atoms in total. The highest BCUT2D eigenvalue weighted by molar-refractivity contribution is 5.77. The lowest BCUT2D eigenvalue weighted by Crippen LogP contribution is -2.45.